The maximum absolute atomic E-state index is 11.7. The average molecular weight is 329 g/mol. The molecule has 0 spiro atoms. The molecule has 0 radical (unpaired) electrons. The summed E-state index contributed by atoms with van der Waals surface area (Å²) in [4.78, 5) is 24.7. The fraction of sp³-hybridized carbons (Fsp3) is 0.375. The number of amides is 1. The molecule has 8 nitrogen and oxygen atoms in total. The van der Waals surface area contributed by atoms with Crippen molar-refractivity contribution in [2.45, 2.75) is 18.8 Å². The third-order valence-electron chi connectivity index (χ3n) is 4.46. The Morgan fingerprint density at radius 2 is 2.12 bits per heavy atom. The molecule has 0 aliphatic carbocycles. The third kappa shape index (κ3) is 3.08. The van der Waals surface area contributed by atoms with Gasteiger partial charge in [0.2, 0.25) is 0 Å². The topological polar surface area (TPSA) is 104 Å². The Morgan fingerprint density at radius 3 is 2.71 bits per heavy atom. The van der Waals surface area contributed by atoms with Crippen molar-refractivity contribution in [3.8, 4) is 0 Å². The van der Waals surface area contributed by atoms with Crippen molar-refractivity contribution in [3.05, 3.63) is 51.8 Å². The van der Waals surface area contributed by atoms with Gasteiger partial charge >= 0.3 is 0 Å². The van der Waals surface area contributed by atoms with E-state index in [1.165, 1.54) is 13.1 Å². The molecular formula is C16H19N5O3. The highest BCUT2D eigenvalue weighted by Crippen LogP contribution is 2.34. The van der Waals surface area contributed by atoms with Crippen molar-refractivity contribution < 1.29 is 9.72 Å². The van der Waals surface area contributed by atoms with Gasteiger partial charge in [0.05, 0.1) is 4.92 Å². The van der Waals surface area contributed by atoms with Gasteiger partial charge in [0, 0.05) is 49.6 Å². The van der Waals surface area contributed by atoms with Gasteiger partial charge < -0.3 is 10.2 Å². The number of carbonyl (C=O) groups is 1. The number of nitro groups is 1. The number of nitrogens with one attached hydrogen (secondary N) is 2. The molecule has 2 aromatic rings. The van der Waals surface area contributed by atoms with E-state index < -0.39 is 4.92 Å². The number of H-pyrrole nitrogens is 1. The SMILES string of the molecule is CNC(=O)c1ccc(N2CCC(c3ccn[nH]3)CC2)c([N+](=O)[O-])c1. The van der Waals surface area contributed by atoms with Gasteiger partial charge in [-0.05, 0) is 31.0 Å². The van der Waals surface area contributed by atoms with E-state index >= 15 is 0 Å². The largest absolute Gasteiger partial charge is 0.366 e. The molecule has 1 saturated heterocycles. The Bertz CT molecular complexity index is 736. The monoisotopic (exact) mass is 329 g/mol. The van der Waals surface area contributed by atoms with Gasteiger partial charge in [-0.25, -0.2) is 0 Å². The summed E-state index contributed by atoms with van der Waals surface area (Å²) in [6, 6.07) is 6.61. The highest BCUT2D eigenvalue weighted by Gasteiger charge is 2.27. The second-order valence-corrected chi connectivity index (χ2v) is 5.81. The van der Waals surface area contributed by atoms with Crippen LogP contribution in [0.15, 0.2) is 30.5 Å². The van der Waals surface area contributed by atoms with Crippen LogP contribution in [0, 0.1) is 10.1 Å². The first-order valence-corrected chi connectivity index (χ1v) is 7.85. The summed E-state index contributed by atoms with van der Waals surface area (Å²) in [6.45, 7) is 1.45. The Hall–Kier alpha value is -2.90. The number of carbonyl (C=O) groups excluding carboxylic acids is 1. The van der Waals surface area contributed by atoms with E-state index in [2.05, 4.69) is 15.5 Å². The molecule has 2 N–H and O–H groups in total. The minimum atomic E-state index is -0.428. The first kappa shape index (κ1) is 16.0. The zero-order valence-corrected chi connectivity index (χ0v) is 13.4. The third-order valence-corrected chi connectivity index (χ3v) is 4.46. The average Bonchev–Trinajstić information content (AvgIpc) is 3.15. The molecule has 1 aliphatic rings. The lowest BCUT2D eigenvalue weighted by molar-refractivity contribution is -0.384. The van der Waals surface area contributed by atoms with E-state index in [4.69, 9.17) is 0 Å². The highest BCUT2D eigenvalue weighted by molar-refractivity contribution is 5.95. The van der Waals surface area contributed by atoms with Crippen LogP contribution in [0.4, 0.5) is 11.4 Å². The van der Waals surface area contributed by atoms with Gasteiger partial charge in [-0.1, -0.05) is 0 Å². The summed E-state index contributed by atoms with van der Waals surface area (Å²) < 4.78 is 0. The Labute approximate surface area is 139 Å². The lowest BCUT2D eigenvalue weighted by atomic mass is 9.93. The molecule has 2 heterocycles. The van der Waals surface area contributed by atoms with E-state index in [1.807, 2.05) is 11.0 Å². The predicted molar refractivity (Wildman–Crippen MR) is 89.3 cm³/mol. The Balaban J connectivity index is 1.79. The summed E-state index contributed by atoms with van der Waals surface area (Å²) >= 11 is 0. The fourth-order valence-corrected chi connectivity index (χ4v) is 3.15. The number of hydrogen-bond acceptors (Lipinski definition) is 5. The van der Waals surface area contributed by atoms with E-state index in [-0.39, 0.29) is 11.6 Å². The molecule has 1 aromatic heterocycles. The zero-order chi connectivity index (χ0) is 17.1. The van der Waals surface area contributed by atoms with Crippen LogP contribution in [0.1, 0.15) is 34.8 Å². The van der Waals surface area contributed by atoms with Crippen molar-refractivity contribution in [2.75, 3.05) is 25.0 Å². The summed E-state index contributed by atoms with van der Waals surface area (Å²) in [7, 11) is 1.50. The van der Waals surface area contributed by atoms with Crippen LogP contribution in [-0.2, 0) is 0 Å². The van der Waals surface area contributed by atoms with Gasteiger partial charge in [-0.15, -0.1) is 0 Å². The molecule has 1 fully saturated rings. The van der Waals surface area contributed by atoms with Crippen LogP contribution in [0.3, 0.4) is 0 Å². The van der Waals surface area contributed by atoms with Crippen LogP contribution in [0.25, 0.3) is 0 Å². The molecule has 1 aliphatic heterocycles. The van der Waals surface area contributed by atoms with Crippen molar-refractivity contribution >= 4 is 17.3 Å². The number of nitrogens with zero attached hydrogens (tertiary/aromatic N) is 3. The number of aromatic nitrogens is 2. The van der Waals surface area contributed by atoms with Crippen LogP contribution < -0.4 is 10.2 Å². The zero-order valence-electron chi connectivity index (χ0n) is 13.4. The molecule has 126 valence electrons. The normalized spacial score (nSPS) is 15.3. The van der Waals surface area contributed by atoms with Gasteiger partial charge in [-0.3, -0.25) is 20.0 Å². The van der Waals surface area contributed by atoms with E-state index in [1.54, 1.807) is 18.3 Å². The fourth-order valence-electron chi connectivity index (χ4n) is 3.15. The summed E-state index contributed by atoms with van der Waals surface area (Å²) in [5, 5.41) is 20.9. The standard InChI is InChI=1S/C16H19N5O3/c1-17-16(22)12-2-3-14(15(10-12)21(23)24)20-8-5-11(6-9-20)13-4-7-18-19-13/h2-4,7,10-11H,5-6,8-9H2,1H3,(H,17,22)(H,18,19). The second kappa shape index (κ2) is 6.69. The molecule has 0 atom stereocenters. The maximum Gasteiger partial charge on any atom is 0.293 e. The number of nitro benzene ring substituents is 1. The number of rotatable bonds is 4. The van der Waals surface area contributed by atoms with E-state index in [9.17, 15) is 14.9 Å². The van der Waals surface area contributed by atoms with Crippen LogP contribution in [-0.4, -0.2) is 41.2 Å². The Morgan fingerprint density at radius 1 is 1.38 bits per heavy atom. The number of hydrogen-bond donors (Lipinski definition) is 2. The molecule has 0 unspecified atom stereocenters. The van der Waals surface area contributed by atoms with Gasteiger partial charge in [0.15, 0.2) is 0 Å². The van der Waals surface area contributed by atoms with Crippen molar-refractivity contribution in [1.29, 1.82) is 0 Å². The van der Waals surface area contributed by atoms with Crippen molar-refractivity contribution in [1.82, 2.24) is 15.5 Å². The summed E-state index contributed by atoms with van der Waals surface area (Å²) in [6.07, 6.45) is 3.54. The predicted octanol–water partition coefficient (Wildman–Crippen LogP) is 2.06. The molecule has 1 aromatic carbocycles. The number of piperidine rings is 1. The smallest absolute Gasteiger partial charge is 0.293 e. The van der Waals surface area contributed by atoms with Crippen molar-refractivity contribution in [3.63, 3.8) is 0 Å². The van der Waals surface area contributed by atoms with Crippen LogP contribution in [0.2, 0.25) is 0 Å². The second-order valence-electron chi connectivity index (χ2n) is 5.81. The summed E-state index contributed by atoms with van der Waals surface area (Å²) in [5.41, 5.74) is 1.94. The van der Waals surface area contributed by atoms with Crippen LogP contribution in [0.5, 0.6) is 0 Å². The number of aromatic amines is 1. The molecule has 0 bridgehead atoms. The summed E-state index contributed by atoms with van der Waals surface area (Å²) in [5.74, 6) is 0.0653. The highest BCUT2D eigenvalue weighted by atomic mass is 16.6. The molecule has 1 amide bonds. The molecule has 0 saturated carbocycles. The first-order valence-electron chi connectivity index (χ1n) is 7.85. The van der Waals surface area contributed by atoms with Gasteiger partial charge in [0.25, 0.3) is 11.6 Å². The lowest BCUT2D eigenvalue weighted by Crippen LogP contribution is -2.33. The van der Waals surface area contributed by atoms with E-state index in [0.717, 1.165) is 31.6 Å². The van der Waals surface area contributed by atoms with Gasteiger partial charge in [0.1, 0.15) is 5.69 Å². The minimum Gasteiger partial charge on any atom is -0.366 e. The molecule has 3 rings (SSSR count). The van der Waals surface area contributed by atoms with Gasteiger partial charge in [-0.2, -0.15) is 5.10 Å². The number of benzene rings is 1. The molecule has 8 heteroatoms. The van der Waals surface area contributed by atoms with Crippen molar-refractivity contribution in [2.24, 2.45) is 0 Å². The molecular weight excluding hydrogens is 310 g/mol. The van der Waals surface area contributed by atoms with Crippen LogP contribution >= 0.6 is 0 Å². The first-order chi connectivity index (χ1) is 11.6. The quantitative estimate of drug-likeness (QED) is 0.660. The van der Waals surface area contributed by atoms with E-state index in [0.29, 0.717) is 17.2 Å². The Kier molecular flexibility index (Phi) is 4.45. The number of anilines is 1. The molecule has 24 heavy (non-hydrogen) atoms. The maximum atomic E-state index is 11.7. The minimum absolute atomic E-state index is 0.0314. The lowest BCUT2D eigenvalue weighted by Gasteiger charge is -2.32.